The van der Waals surface area contributed by atoms with Crippen LogP contribution in [0.1, 0.15) is 37.9 Å². The Morgan fingerprint density at radius 3 is 2.27 bits per heavy atom. The quantitative estimate of drug-likeness (QED) is 0.369. The van der Waals surface area contributed by atoms with Gasteiger partial charge in [0, 0.05) is 5.56 Å². The van der Waals surface area contributed by atoms with Crippen LogP contribution in [0.2, 0.25) is 0 Å². The molecule has 0 saturated carbocycles. The molecule has 3 aromatic rings. The SMILES string of the molecule is COc1ccc(-c2ccc3cc(C4C5SC(=S)N4C5=O)ccc3c2)cc1C(C)(C)C. The van der Waals surface area contributed by atoms with Crippen LogP contribution in [-0.2, 0) is 10.2 Å². The second-order valence-electron chi connectivity index (χ2n) is 8.94. The number of rotatable bonds is 3. The van der Waals surface area contributed by atoms with E-state index in [1.54, 1.807) is 12.0 Å². The van der Waals surface area contributed by atoms with E-state index < -0.39 is 0 Å². The van der Waals surface area contributed by atoms with Gasteiger partial charge < -0.3 is 4.74 Å². The summed E-state index contributed by atoms with van der Waals surface area (Å²) in [6.45, 7) is 6.61. The van der Waals surface area contributed by atoms with Gasteiger partial charge in [0.15, 0.2) is 0 Å². The summed E-state index contributed by atoms with van der Waals surface area (Å²) in [5.41, 5.74) is 4.72. The average Bonchev–Trinajstić information content (AvgIpc) is 3.24. The molecule has 0 aromatic heterocycles. The molecule has 5 heteroatoms. The van der Waals surface area contributed by atoms with Crippen molar-refractivity contribution in [3.8, 4) is 16.9 Å². The molecule has 6 rings (SSSR count). The van der Waals surface area contributed by atoms with Gasteiger partial charge in [-0.15, -0.1) is 0 Å². The first kappa shape index (κ1) is 19.6. The lowest BCUT2D eigenvalue weighted by molar-refractivity contribution is -0.136. The lowest BCUT2D eigenvalue weighted by atomic mass is 9.84. The van der Waals surface area contributed by atoms with Crippen LogP contribution in [0.4, 0.5) is 0 Å². The van der Waals surface area contributed by atoms with Crippen molar-refractivity contribution in [3.63, 3.8) is 0 Å². The lowest BCUT2D eigenvalue weighted by Gasteiger charge is -2.36. The molecule has 0 radical (unpaired) electrons. The maximum absolute atomic E-state index is 12.0. The Hall–Kier alpha value is -2.37. The summed E-state index contributed by atoms with van der Waals surface area (Å²) in [7, 11) is 1.72. The van der Waals surface area contributed by atoms with Gasteiger partial charge in [-0.2, -0.15) is 0 Å². The van der Waals surface area contributed by atoms with Gasteiger partial charge in [0.25, 0.3) is 0 Å². The molecule has 2 atom stereocenters. The van der Waals surface area contributed by atoms with E-state index in [1.807, 2.05) is 0 Å². The van der Waals surface area contributed by atoms with Crippen LogP contribution < -0.4 is 4.74 Å². The molecule has 2 unspecified atom stereocenters. The minimum atomic E-state index is -0.0376. The Morgan fingerprint density at radius 1 is 0.967 bits per heavy atom. The molecule has 0 spiro atoms. The van der Waals surface area contributed by atoms with Crippen molar-refractivity contribution in [3.05, 3.63) is 65.7 Å². The van der Waals surface area contributed by atoms with Crippen molar-refractivity contribution in [1.29, 1.82) is 0 Å². The Kier molecular flexibility index (Phi) is 4.46. The molecule has 3 aromatic carbocycles. The molecular formula is C25H23NO2S2. The Bertz CT molecular complexity index is 1200. The highest BCUT2D eigenvalue weighted by molar-refractivity contribution is 8.24. The normalized spacial score (nSPS) is 20.6. The monoisotopic (exact) mass is 433 g/mol. The Morgan fingerprint density at radius 2 is 1.63 bits per heavy atom. The second kappa shape index (κ2) is 6.82. The number of hydrogen-bond donors (Lipinski definition) is 0. The summed E-state index contributed by atoms with van der Waals surface area (Å²) >= 11 is 6.83. The number of thiocarbonyl (C=S) groups is 1. The summed E-state index contributed by atoms with van der Waals surface area (Å²) in [6, 6.07) is 19.5. The number of thioether (sulfide) groups is 1. The zero-order chi connectivity index (χ0) is 21.2. The number of fused-ring (bicyclic) bond motifs is 2. The molecular weight excluding hydrogens is 410 g/mol. The number of carbonyl (C=O) groups is 1. The zero-order valence-corrected chi connectivity index (χ0v) is 19.1. The molecule has 3 fully saturated rings. The van der Waals surface area contributed by atoms with Gasteiger partial charge in [-0.05, 0) is 57.1 Å². The first-order valence-electron chi connectivity index (χ1n) is 10.0. The first-order chi connectivity index (χ1) is 14.3. The number of hydrogen-bond acceptors (Lipinski definition) is 4. The smallest absolute Gasteiger partial charge is 0.244 e. The number of methoxy groups -OCH3 is 1. The van der Waals surface area contributed by atoms with Gasteiger partial charge in [0.2, 0.25) is 5.91 Å². The number of ether oxygens (including phenoxy) is 1. The predicted octanol–water partition coefficient (Wildman–Crippen LogP) is 6.10. The largest absolute Gasteiger partial charge is 0.496 e. The molecule has 2 bridgehead atoms. The summed E-state index contributed by atoms with van der Waals surface area (Å²) in [6.07, 6.45) is 0. The van der Waals surface area contributed by atoms with Crippen LogP contribution in [0.5, 0.6) is 5.75 Å². The van der Waals surface area contributed by atoms with Crippen molar-refractivity contribution in [1.82, 2.24) is 4.90 Å². The lowest BCUT2D eigenvalue weighted by Crippen LogP contribution is -2.50. The van der Waals surface area contributed by atoms with E-state index in [0.717, 1.165) is 11.3 Å². The number of amides is 1. The molecule has 30 heavy (non-hydrogen) atoms. The van der Waals surface area contributed by atoms with Crippen molar-refractivity contribution in [2.45, 2.75) is 37.5 Å². The predicted molar refractivity (Wildman–Crippen MR) is 128 cm³/mol. The van der Waals surface area contributed by atoms with Crippen molar-refractivity contribution in [2.24, 2.45) is 0 Å². The molecule has 3 saturated heterocycles. The van der Waals surface area contributed by atoms with Crippen molar-refractivity contribution >= 4 is 45.0 Å². The van der Waals surface area contributed by atoms with Crippen molar-refractivity contribution in [2.75, 3.05) is 7.11 Å². The van der Waals surface area contributed by atoms with Gasteiger partial charge in [-0.3, -0.25) is 9.69 Å². The highest BCUT2D eigenvalue weighted by Gasteiger charge is 2.57. The highest BCUT2D eigenvalue weighted by atomic mass is 32.2. The molecule has 3 aliphatic heterocycles. The molecule has 3 nitrogen and oxygen atoms in total. The van der Waals surface area contributed by atoms with Gasteiger partial charge in [0.05, 0.1) is 13.2 Å². The average molecular weight is 434 g/mol. The third kappa shape index (κ3) is 2.95. The highest BCUT2D eigenvalue weighted by Crippen LogP contribution is 2.52. The second-order valence-corrected chi connectivity index (χ2v) is 10.7. The fraction of sp³-hybridized carbons (Fsp3) is 0.280. The number of β-lactam (4-membered cyclic amide) rings is 1. The van der Waals surface area contributed by atoms with Gasteiger partial charge in [0.1, 0.15) is 15.3 Å². The minimum absolute atomic E-state index is 0.000580. The van der Waals surface area contributed by atoms with Crippen LogP contribution in [0.25, 0.3) is 21.9 Å². The maximum Gasteiger partial charge on any atom is 0.244 e. The fourth-order valence-corrected chi connectivity index (χ4v) is 6.04. The standard InChI is InChI=1S/C25H23NO2S2/c1-25(2,3)19-13-17(9-10-20(19)28-4)15-5-6-16-12-18(8-7-14(16)11-15)21-22-23(27)26(21)24(29)30-22/h5-13,21-22H,1-4H3. The number of carbonyl (C=O) groups excluding carboxylic acids is 1. The Labute approximate surface area is 186 Å². The van der Waals surface area contributed by atoms with Crippen molar-refractivity contribution < 1.29 is 9.53 Å². The molecule has 1 amide bonds. The summed E-state index contributed by atoms with van der Waals surface area (Å²) < 4.78 is 6.29. The van der Waals surface area contributed by atoms with E-state index in [9.17, 15) is 4.79 Å². The van der Waals surface area contributed by atoms with E-state index in [4.69, 9.17) is 17.0 Å². The van der Waals surface area contributed by atoms with Crippen LogP contribution in [-0.4, -0.2) is 27.5 Å². The van der Waals surface area contributed by atoms with E-state index in [2.05, 4.69) is 75.4 Å². The van der Waals surface area contributed by atoms with E-state index in [1.165, 1.54) is 39.2 Å². The molecule has 3 heterocycles. The van der Waals surface area contributed by atoms with E-state index in [-0.39, 0.29) is 22.6 Å². The molecule has 0 N–H and O–H groups in total. The molecule has 0 aliphatic carbocycles. The van der Waals surface area contributed by atoms with Gasteiger partial charge >= 0.3 is 0 Å². The summed E-state index contributed by atoms with van der Waals surface area (Å²) in [5, 5.41) is 2.33. The van der Waals surface area contributed by atoms with Gasteiger partial charge in [-0.1, -0.05) is 75.1 Å². The first-order valence-corrected chi connectivity index (χ1v) is 11.3. The van der Waals surface area contributed by atoms with Crippen LogP contribution in [0.15, 0.2) is 54.6 Å². The van der Waals surface area contributed by atoms with Gasteiger partial charge in [-0.25, -0.2) is 0 Å². The third-order valence-corrected chi connectivity index (χ3v) is 7.61. The van der Waals surface area contributed by atoms with E-state index >= 15 is 0 Å². The van der Waals surface area contributed by atoms with E-state index in [0.29, 0.717) is 4.32 Å². The molecule has 152 valence electrons. The zero-order valence-electron chi connectivity index (χ0n) is 17.4. The topological polar surface area (TPSA) is 29.5 Å². The van der Waals surface area contributed by atoms with Crippen LogP contribution >= 0.6 is 24.0 Å². The third-order valence-electron chi connectivity index (χ3n) is 6.02. The summed E-state index contributed by atoms with van der Waals surface area (Å²) in [5.74, 6) is 1.08. The minimum Gasteiger partial charge on any atom is -0.496 e. The van der Waals surface area contributed by atoms with Crippen LogP contribution in [0, 0.1) is 0 Å². The summed E-state index contributed by atoms with van der Waals surface area (Å²) in [4.78, 5) is 13.8. The fourth-order valence-electron chi connectivity index (χ4n) is 4.37. The Balaban J connectivity index is 1.51. The van der Waals surface area contributed by atoms with Crippen LogP contribution in [0.3, 0.4) is 0 Å². The molecule has 3 aliphatic rings. The number of benzene rings is 3. The number of nitrogens with zero attached hydrogens (tertiary/aromatic N) is 1. The maximum atomic E-state index is 12.0.